The summed E-state index contributed by atoms with van der Waals surface area (Å²) in [4.78, 5) is 4.20. The quantitative estimate of drug-likeness (QED) is 0.915. The van der Waals surface area contributed by atoms with Crippen molar-refractivity contribution in [1.82, 2.24) is 10.3 Å². The Morgan fingerprint density at radius 2 is 2.10 bits per heavy atom. The van der Waals surface area contributed by atoms with Gasteiger partial charge in [-0.25, -0.2) is 4.98 Å². The molecule has 0 spiro atoms. The summed E-state index contributed by atoms with van der Waals surface area (Å²) in [5.41, 5.74) is 2.28. The first kappa shape index (κ1) is 13.7. The van der Waals surface area contributed by atoms with Crippen LogP contribution in [0.1, 0.15) is 24.1 Å². The second-order valence-corrected chi connectivity index (χ2v) is 4.92. The summed E-state index contributed by atoms with van der Waals surface area (Å²) in [5, 5.41) is 3.47. The molecule has 0 aliphatic carbocycles. The van der Waals surface area contributed by atoms with E-state index in [0.717, 1.165) is 23.6 Å². The molecular formula is C16H18N2O3. The average Bonchev–Trinajstić information content (AvgIpc) is 3.00. The van der Waals surface area contributed by atoms with Gasteiger partial charge in [0.15, 0.2) is 11.5 Å². The molecule has 0 fully saturated rings. The summed E-state index contributed by atoms with van der Waals surface area (Å²) in [6, 6.07) is 10.1. The lowest BCUT2D eigenvalue weighted by molar-refractivity contribution is 0.174. The summed E-state index contributed by atoms with van der Waals surface area (Å²) in [6.07, 6.45) is 1.82. The minimum Gasteiger partial charge on any atom is -0.481 e. The monoisotopic (exact) mass is 286 g/mol. The number of methoxy groups -OCH3 is 1. The molecule has 21 heavy (non-hydrogen) atoms. The summed E-state index contributed by atoms with van der Waals surface area (Å²) in [7, 11) is 1.61. The molecule has 0 saturated carbocycles. The first-order chi connectivity index (χ1) is 10.3. The third kappa shape index (κ3) is 3.08. The number of hydrogen-bond acceptors (Lipinski definition) is 5. The predicted octanol–water partition coefficient (Wildman–Crippen LogP) is 2.67. The van der Waals surface area contributed by atoms with Crippen molar-refractivity contribution in [3.8, 4) is 17.4 Å². The zero-order valence-electron chi connectivity index (χ0n) is 12.1. The molecule has 0 bridgehead atoms. The number of hydrogen-bond donors (Lipinski definition) is 1. The largest absolute Gasteiger partial charge is 0.481 e. The van der Waals surface area contributed by atoms with Crippen LogP contribution in [0.5, 0.6) is 17.4 Å². The number of benzene rings is 1. The number of rotatable bonds is 5. The SMILES string of the molecule is COc1ccc(CNC(C)c2ccc3c(c2)OCO3)cn1. The van der Waals surface area contributed by atoms with Gasteiger partial charge < -0.3 is 19.5 Å². The number of pyridine rings is 1. The van der Waals surface area contributed by atoms with Crippen LogP contribution >= 0.6 is 0 Å². The molecular weight excluding hydrogens is 268 g/mol. The normalized spacial score (nSPS) is 14.0. The molecule has 1 aliphatic heterocycles. The topological polar surface area (TPSA) is 52.6 Å². The predicted molar refractivity (Wildman–Crippen MR) is 78.6 cm³/mol. The second-order valence-electron chi connectivity index (χ2n) is 4.92. The molecule has 2 aromatic rings. The maximum atomic E-state index is 5.40. The molecule has 0 radical (unpaired) electrons. The molecule has 0 saturated heterocycles. The van der Waals surface area contributed by atoms with Crippen molar-refractivity contribution in [2.24, 2.45) is 0 Å². The van der Waals surface area contributed by atoms with Gasteiger partial charge in [0.25, 0.3) is 0 Å². The average molecular weight is 286 g/mol. The highest BCUT2D eigenvalue weighted by atomic mass is 16.7. The highest BCUT2D eigenvalue weighted by Gasteiger charge is 2.15. The molecule has 5 heteroatoms. The molecule has 1 atom stereocenters. The molecule has 110 valence electrons. The molecule has 5 nitrogen and oxygen atoms in total. The van der Waals surface area contributed by atoms with Gasteiger partial charge in [0.1, 0.15) is 0 Å². The van der Waals surface area contributed by atoms with Crippen LogP contribution in [0.4, 0.5) is 0 Å². The minimum atomic E-state index is 0.210. The van der Waals surface area contributed by atoms with Crippen LogP contribution < -0.4 is 19.5 Å². The smallest absolute Gasteiger partial charge is 0.231 e. The van der Waals surface area contributed by atoms with Gasteiger partial charge in [0, 0.05) is 24.8 Å². The van der Waals surface area contributed by atoms with Gasteiger partial charge in [0.05, 0.1) is 7.11 Å². The first-order valence-corrected chi connectivity index (χ1v) is 6.88. The van der Waals surface area contributed by atoms with E-state index in [2.05, 4.69) is 23.3 Å². The van der Waals surface area contributed by atoms with Gasteiger partial charge >= 0.3 is 0 Å². The van der Waals surface area contributed by atoms with E-state index in [-0.39, 0.29) is 6.04 Å². The van der Waals surface area contributed by atoms with Gasteiger partial charge in [0.2, 0.25) is 12.7 Å². The summed E-state index contributed by atoms with van der Waals surface area (Å²) in [5.74, 6) is 2.25. The van der Waals surface area contributed by atoms with Crippen LogP contribution in [0, 0.1) is 0 Å². The Balaban J connectivity index is 1.61. The summed E-state index contributed by atoms with van der Waals surface area (Å²) in [6.45, 7) is 3.17. The van der Waals surface area contributed by atoms with Gasteiger partial charge in [-0.3, -0.25) is 0 Å². The molecule has 3 rings (SSSR count). The van der Waals surface area contributed by atoms with Crippen molar-refractivity contribution in [2.45, 2.75) is 19.5 Å². The molecule has 1 aromatic heterocycles. The molecule has 1 N–H and O–H groups in total. The van der Waals surface area contributed by atoms with Crippen molar-refractivity contribution >= 4 is 0 Å². The van der Waals surface area contributed by atoms with Gasteiger partial charge in [-0.05, 0) is 30.2 Å². The van der Waals surface area contributed by atoms with E-state index in [1.165, 1.54) is 5.56 Å². The van der Waals surface area contributed by atoms with Crippen molar-refractivity contribution in [3.63, 3.8) is 0 Å². The Hall–Kier alpha value is -2.27. The highest BCUT2D eigenvalue weighted by molar-refractivity contribution is 5.45. The van der Waals surface area contributed by atoms with Crippen molar-refractivity contribution in [2.75, 3.05) is 13.9 Å². The fourth-order valence-electron chi connectivity index (χ4n) is 2.21. The van der Waals surface area contributed by atoms with E-state index < -0.39 is 0 Å². The highest BCUT2D eigenvalue weighted by Crippen LogP contribution is 2.34. The molecule has 2 heterocycles. The van der Waals surface area contributed by atoms with Crippen LogP contribution in [0.3, 0.4) is 0 Å². The van der Waals surface area contributed by atoms with Gasteiger partial charge in [-0.15, -0.1) is 0 Å². The lowest BCUT2D eigenvalue weighted by Crippen LogP contribution is -2.18. The third-order valence-corrected chi connectivity index (χ3v) is 3.52. The van der Waals surface area contributed by atoms with E-state index in [9.17, 15) is 0 Å². The van der Waals surface area contributed by atoms with E-state index in [1.807, 2.05) is 30.5 Å². The number of nitrogens with one attached hydrogen (secondary N) is 1. The number of fused-ring (bicyclic) bond motifs is 1. The maximum Gasteiger partial charge on any atom is 0.231 e. The number of ether oxygens (including phenoxy) is 3. The Morgan fingerprint density at radius 3 is 2.86 bits per heavy atom. The van der Waals surface area contributed by atoms with Crippen molar-refractivity contribution < 1.29 is 14.2 Å². The molecule has 1 unspecified atom stereocenters. The Kier molecular flexibility index (Phi) is 3.92. The Labute approximate surface area is 123 Å². The maximum absolute atomic E-state index is 5.40. The van der Waals surface area contributed by atoms with Gasteiger partial charge in [-0.1, -0.05) is 12.1 Å². The van der Waals surface area contributed by atoms with E-state index in [4.69, 9.17) is 14.2 Å². The van der Waals surface area contributed by atoms with Crippen molar-refractivity contribution in [1.29, 1.82) is 0 Å². The minimum absolute atomic E-state index is 0.210. The van der Waals surface area contributed by atoms with Crippen LogP contribution in [0.15, 0.2) is 36.5 Å². The van der Waals surface area contributed by atoms with Crippen molar-refractivity contribution in [3.05, 3.63) is 47.7 Å². The van der Waals surface area contributed by atoms with Crippen LogP contribution in [0.2, 0.25) is 0 Å². The second kappa shape index (κ2) is 6.01. The molecule has 1 aromatic carbocycles. The zero-order chi connectivity index (χ0) is 14.7. The Bertz CT molecular complexity index is 613. The standard InChI is InChI=1S/C16H18N2O3/c1-11(13-4-5-14-15(7-13)21-10-20-14)17-8-12-3-6-16(19-2)18-9-12/h3-7,9,11,17H,8,10H2,1-2H3. The van der Waals surface area contributed by atoms with Crippen LogP contribution in [0.25, 0.3) is 0 Å². The first-order valence-electron chi connectivity index (χ1n) is 6.88. The lowest BCUT2D eigenvalue weighted by atomic mass is 10.1. The molecule has 1 aliphatic rings. The Morgan fingerprint density at radius 1 is 1.24 bits per heavy atom. The summed E-state index contributed by atoms with van der Waals surface area (Å²) >= 11 is 0. The van der Waals surface area contributed by atoms with E-state index in [1.54, 1.807) is 7.11 Å². The van der Waals surface area contributed by atoms with E-state index in [0.29, 0.717) is 12.7 Å². The fourth-order valence-corrected chi connectivity index (χ4v) is 2.21. The zero-order valence-corrected chi connectivity index (χ0v) is 12.1. The fraction of sp³-hybridized carbons (Fsp3) is 0.312. The lowest BCUT2D eigenvalue weighted by Gasteiger charge is -2.14. The van der Waals surface area contributed by atoms with Crippen LogP contribution in [-0.4, -0.2) is 18.9 Å². The molecule has 0 amide bonds. The summed E-state index contributed by atoms with van der Waals surface area (Å²) < 4.78 is 15.8. The van der Waals surface area contributed by atoms with E-state index >= 15 is 0 Å². The third-order valence-electron chi connectivity index (χ3n) is 3.52. The van der Waals surface area contributed by atoms with Crippen LogP contribution in [-0.2, 0) is 6.54 Å². The number of nitrogens with zero attached hydrogens (tertiary/aromatic N) is 1. The number of aromatic nitrogens is 1. The van der Waals surface area contributed by atoms with Gasteiger partial charge in [-0.2, -0.15) is 0 Å².